The third-order valence-electron chi connectivity index (χ3n) is 3.93. The van der Waals surface area contributed by atoms with Gasteiger partial charge in [-0.3, -0.25) is 4.79 Å². The fourth-order valence-electron chi connectivity index (χ4n) is 2.86. The molecule has 1 amide bonds. The minimum Gasteiger partial charge on any atom is -0.394 e. The molecule has 0 unspecified atom stereocenters. The van der Waals surface area contributed by atoms with Gasteiger partial charge in [0, 0.05) is 12.5 Å². The molecule has 1 aliphatic rings. The highest BCUT2D eigenvalue weighted by Crippen LogP contribution is 2.34. The van der Waals surface area contributed by atoms with E-state index in [1.165, 1.54) is 4.90 Å². The van der Waals surface area contributed by atoms with Crippen LogP contribution in [0.2, 0.25) is 0 Å². The Balaban J connectivity index is 2.28. The maximum atomic E-state index is 11.9. The summed E-state index contributed by atoms with van der Waals surface area (Å²) in [5, 5.41) is 28.4. The summed E-state index contributed by atoms with van der Waals surface area (Å²) in [6, 6.07) is 8.87. The van der Waals surface area contributed by atoms with Crippen molar-refractivity contribution in [3.05, 3.63) is 35.4 Å². The number of amides is 1. The van der Waals surface area contributed by atoms with Gasteiger partial charge in [-0.2, -0.15) is 5.26 Å². The van der Waals surface area contributed by atoms with Crippen LogP contribution in [-0.4, -0.2) is 46.3 Å². The molecular weight excluding hydrogens is 256 g/mol. The molecule has 1 fully saturated rings. The van der Waals surface area contributed by atoms with Crippen molar-refractivity contribution >= 4 is 5.91 Å². The second kappa shape index (κ2) is 6.04. The summed E-state index contributed by atoms with van der Waals surface area (Å²) < 4.78 is 0. The Hall–Kier alpha value is -1.90. The number of carbonyl (C=O) groups excluding carboxylic acids is 1. The summed E-state index contributed by atoms with van der Waals surface area (Å²) in [5.41, 5.74) is 2.02. The molecule has 0 spiro atoms. The number of rotatable bonds is 3. The van der Waals surface area contributed by atoms with Crippen molar-refractivity contribution in [3.8, 4) is 6.07 Å². The van der Waals surface area contributed by atoms with Crippen molar-refractivity contribution in [2.75, 3.05) is 13.2 Å². The fraction of sp³-hybridized carbons (Fsp3) is 0.467. The minimum absolute atomic E-state index is 0.226. The first-order valence-electron chi connectivity index (χ1n) is 6.61. The van der Waals surface area contributed by atoms with Gasteiger partial charge in [0.1, 0.15) is 6.42 Å². The third-order valence-corrected chi connectivity index (χ3v) is 3.93. The maximum absolute atomic E-state index is 11.9. The topological polar surface area (TPSA) is 84.6 Å². The highest BCUT2D eigenvalue weighted by atomic mass is 16.3. The maximum Gasteiger partial charge on any atom is 0.237 e. The predicted molar refractivity (Wildman–Crippen MR) is 72.7 cm³/mol. The Kier molecular flexibility index (Phi) is 4.38. The van der Waals surface area contributed by atoms with Gasteiger partial charge in [0.05, 0.1) is 24.8 Å². The summed E-state index contributed by atoms with van der Waals surface area (Å²) in [6.45, 7) is 1.98. The molecule has 2 N–H and O–H groups in total. The third kappa shape index (κ3) is 2.53. The van der Waals surface area contributed by atoms with Gasteiger partial charge in [0.15, 0.2) is 0 Å². The average Bonchev–Trinajstić information content (AvgIpc) is 2.76. The predicted octanol–water partition coefficient (Wildman–Crippen LogP) is 0.556. The quantitative estimate of drug-likeness (QED) is 0.843. The van der Waals surface area contributed by atoms with Crippen molar-refractivity contribution in [1.29, 1.82) is 5.26 Å². The van der Waals surface area contributed by atoms with Gasteiger partial charge in [0.2, 0.25) is 5.91 Å². The largest absolute Gasteiger partial charge is 0.394 e. The zero-order valence-corrected chi connectivity index (χ0v) is 11.4. The van der Waals surface area contributed by atoms with Crippen molar-refractivity contribution in [2.45, 2.75) is 31.4 Å². The molecule has 1 aromatic rings. The zero-order valence-electron chi connectivity index (χ0n) is 11.4. The smallest absolute Gasteiger partial charge is 0.237 e. The van der Waals surface area contributed by atoms with Crippen LogP contribution in [0, 0.1) is 18.3 Å². The standard InChI is InChI=1S/C15H18N2O3/c1-10-4-2-3-5-11(10)12-8-17(14(19)6-7-16)13(9-18)15(12)20/h2-5,12-13,15,18,20H,6,8-9H2,1H3/t12-,13-,15-/m1/s1. The van der Waals surface area contributed by atoms with Crippen molar-refractivity contribution in [3.63, 3.8) is 0 Å². The molecule has 5 nitrogen and oxygen atoms in total. The Bertz CT molecular complexity index is 538. The number of likely N-dealkylation sites (tertiary alicyclic amines) is 1. The number of benzene rings is 1. The van der Waals surface area contributed by atoms with E-state index in [1.54, 1.807) is 0 Å². The zero-order chi connectivity index (χ0) is 14.7. The van der Waals surface area contributed by atoms with Crippen LogP contribution < -0.4 is 0 Å². The van der Waals surface area contributed by atoms with E-state index in [-0.39, 0.29) is 24.9 Å². The first-order valence-corrected chi connectivity index (χ1v) is 6.61. The lowest BCUT2D eigenvalue weighted by molar-refractivity contribution is -0.132. The van der Waals surface area contributed by atoms with E-state index in [1.807, 2.05) is 37.3 Å². The van der Waals surface area contributed by atoms with Gasteiger partial charge in [-0.05, 0) is 18.1 Å². The molecule has 0 aromatic heterocycles. The van der Waals surface area contributed by atoms with Crippen LogP contribution in [0.5, 0.6) is 0 Å². The van der Waals surface area contributed by atoms with Crippen LogP contribution in [0.15, 0.2) is 24.3 Å². The molecule has 1 aliphatic heterocycles. The first kappa shape index (κ1) is 14.5. The van der Waals surface area contributed by atoms with E-state index >= 15 is 0 Å². The first-order chi connectivity index (χ1) is 9.60. The molecule has 5 heteroatoms. The Morgan fingerprint density at radius 2 is 2.20 bits per heavy atom. The van der Waals surface area contributed by atoms with E-state index in [0.717, 1.165) is 11.1 Å². The van der Waals surface area contributed by atoms with E-state index < -0.39 is 12.1 Å². The monoisotopic (exact) mass is 274 g/mol. The van der Waals surface area contributed by atoms with E-state index in [2.05, 4.69) is 0 Å². The normalized spacial score (nSPS) is 25.5. The summed E-state index contributed by atoms with van der Waals surface area (Å²) >= 11 is 0. The number of carbonyl (C=O) groups is 1. The molecule has 2 rings (SSSR count). The molecule has 1 aromatic carbocycles. The number of nitriles is 1. The van der Waals surface area contributed by atoms with Crippen LogP contribution in [0.25, 0.3) is 0 Å². The van der Waals surface area contributed by atoms with Crippen molar-refractivity contribution in [1.82, 2.24) is 4.90 Å². The SMILES string of the molecule is Cc1ccccc1[C@H]1CN(C(=O)CC#N)[C@H](CO)[C@@H]1O. The van der Waals surface area contributed by atoms with Crippen molar-refractivity contribution < 1.29 is 15.0 Å². The van der Waals surface area contributed by atoms with Gasteiger partial charge >= 0.3 is 0 Å². The molecule has 1 heterocycles. The number of hydrogen-bond acceptors (Lipinski definition) is 4. The van der Waals surface area contributed by atoms with E-state index in [4.69, 9.17) is 5.26 Å². The second-order valence-corrected chi connectivity index (χ2v) is 5.08. The second-order valence-electron chi connectivity index (χ2n) is 5.08. The minimum atomic E-state index is -0.816. The average molecular weight is 274 g/mol. The lowest BCUT2D eigenvalue weighted by Crippen LogP contribution is -2.41. The molecule has 106 valence electrons. The number of aryl methyl sites for hydroxylation is 1. The van der Waals surface area contributed by atoms with Gasteiger partial charge in [0.25, 0.3) is 0 Å². The number of nitrogens with zero attached hydrogens (tertiary/aromatic N) is 2. The number of aliphatic hydroxyl groups is 2. The molecular formula is C15H18N2O3. The van der Waals surface area contributed by atoms with Crippen LogP contribution >= 0.6 is 0 Å². The van der Waals surface area contributed by atoms with E-state index in [0.29, 0.717) is 6.54 Å². The fourth-order valence-corrected chi connectivity index (χ4v) is 2.86. The summed E-state index contributed by atoms with van der Waals surface area (Å²) in [6.07, 6.45) is -1.05. The summed E-state index contributed by atoms with van der Waals surface area (Å²) in [5.74, 6) is -0.572. The van der Waals surface area contributed by atoms with Gasteiger partial charge in [-0.25, -0.2) is 0 Å². The van der Waals surface area contributed by atoms with Gasteiger partial charge in [-0.1, -0.05) is 24.3 Å². The molecule has 1 saturated heterocycles. The Morgan fingerprint density at radius 3 is 2.80 bits per heavy atom. The van der Waals surface area contributed by atoms with Crippen LogP contribution in [-0.2, 0) is 4.79 Å². The molecule has 20 heavy (non-hydrogen) atoms. The number of hydrogen-bond donors (Lipinski definition) is 2. The van der Waals surface area contributed by atoms with Crippen LogP contribution in [0.1, 0.15) is 23.5 Å². The molecule has 0 radical (unpaired) electrons. The van der Waals surface area contributed by atoms with Crippen molar-refractivity contribution in [2.24, 2.45) is 0 Å². The van der Waals surface area contributed by atoms with Crippen LogP contribution in [0.4, 0.5) is 0 Å². The lowest BCUT2D eigenvalue weighted by Gasteiger charge is -2.23. The number of aliphatic hydroxyl groups excluding tert-OH is 2. The molecule has 0 bridgehead atoms. The summed E-state index contributed by atoms with van der Waals surface area (Å²) in [7, 11) is 0. The van der Waals surface area contributed by atoms with Gasteiger partial charge in [-0.15, -0.1) is 0 Å². The molecule has 3 atom stereocenters. The molecule has 0 saturated carbocycles. The highest BCUT2D eigenvalue weighted by molar-refractivity contribution is 5.79. The van der Waals surface area contributed by atoms with E-state index in [9.17, 15) is 15.0 Å². The lowest BCUT2D eigenvalue weighted by atomic mass is 9.90. The Labute approximate surface area is 118 Å². The molecule has 0 aliphatic carbocycles. The Morgan fingerprint density at radius 1 is 1.50 bits per heavy atom. The van der Waals surface area contributed by atoms with Crippen LogP contribution in [0.3, 0.4) is 0 Å². The summed E-state index contributed by atoms with van der Waals surface area (Å²) in [4.78, 5) is 13.3. The van der Waals surface area contributed by atoms with Gasteiger partial charge < -0.3 is 15.1 Å². The highest BCUT2D eigenvalue weighted by Gasteiger charge is 2.43.